The van der Waals surface area contributed by atoms with Crippen LogP contribution >= 0.6 is 0 Å². The number of hydrogen-bond donors (Lipinski definition) is 1. The summed E-state index contributed by atoms with van der Waals surface area (Å²) in [7, 11) is 0. The summed E-state index contributed by atoms with van der Waals surface area (Å²) in [5.41, 5.74) is 8.25. The van der Waals surface area contributed by atoms with Crippen LogP contribution in [-0.2, 0) is 6.42 Å². The highest BCUT2D eigenvalue weighted by atomic mass is 15.1. The highest BCUT2D eigenvalue weighted by molar-refractivity contribution is 5.47. The van der Waals surface area contributed by atoms with Gasteiger partial charge in [0, 0.05) is 18.8 Å². The first kappa shape index (κ1) is 17.0. The van der Waals surface area contributed by atoms with E-state index < -0.39 is 0 Å². The van der Waals surface area contributed by atoms with Crippen molar-refractivity contribution in [1.82, 2.24) is 4.90 Å². The van der Waals surface area contributed by atoms with Gasteiger partial charge in [0.25, 0.3) is 0 Å². The molecule has 2 N–H and O–H groups in total. The Labute approximate surface area is 124 Å². The molecule has 0 saturated carbocycles. The summed E-state index contributed by atoms with van der Waals surface area (Å²) < 4.78 is 0. The molecule has 0 bridgehead atoms. The minimum Gasteiger partial charge on any atom is -0.372 e. The minimum absolute atomic E-state index is 0.723. The van der Waals surface area contributed by atoms with E-state index in [9.17, 15) is 0 Å². The fraction of sp³-hybridized carbons (Fsp3) is 0.647. The number of nitrogens with zero attached hydrogens (tertiary/aromatic N) is 2. The predicted molar refractivity (Wildman–Crippen MR) is 89.5 cm³/mol. The van der Waals surface area contributed by atoms with E-state index in [-0.39, 0.29) is 0 Å². The van der Waals surface area contributed by atoms with E-state index in [1.807, 2.05) is 0 Å². The van der Waals surface area contributed by atoms with Crippen molar-refractivity contribution in [3.63, 3.8) is 0 Å². The largest absolute Gasteiger partial charge is 0.372 e. The van der Waals surface area contributed by atoms with E-state index in [1.54, 1.807) is 0 Å². The van der Waals surface area contributed by atoms with Gasteiger partial charge in [-0.1, -0.05) is 26.0 Å². The number of hydrogen-bond acceptors (Lipinski definition) is 3. The third kappa shape index (κ3) is 5.51. The minimum atomic E-state index is 0.723. The Hall–Kier alpha value is -1.06. The quantitative estimate of drug-likeness (QED) is 0.714. The molecule has 0 aliphatic rings. The van der Waals surface area contributed by atoms with Crippen molar-refractivity contribution in [2.75, 3.05) is 44.2 Å². The van der Waals surface area contributed by atoms with Crippen molar-refractivity contribution in [3.8, 4) is 0 Å². The molecule has 3 heteroatoms. The van der Waals surface area contributed by atoms with Crippen LogP contribution in [0.1, 0.15) is 32.8 Å². The van der Waals surface area contributed by atoms with Gasteiger partial charge < -0.3 is 15.5 Å². The van der Waals surface area contributed by atoms with Gasteiger partial charge in [0.2, 0.25) is 0 Å². The second-order valence-corrected chi connectivity index (χ2v) is 5.17. The predicted octanol–water partition coefficient (Wildman–Crippen LogP) is 2.75. The lowest BCUT2D eigenvalue weighted by Gasteiger charge is -2.25. The van der Waals surface area contributed by atoms with E-state index in [2.05, 4.69) is 54.8 Å². The third-order valence-corrected chi connectivity index (χ3v) is 3.91. The van der Waals surface area contributed by atoms with Crippen LogP contribution in [0.5, 0.6) is 0 Å². The topological polar surface area (TPSA) is 32.5 Å². The van der Waals surface area contributed by atoms with Gasteiger partial charge in [-0.2, -0.15) is 0 Å². The molecular formula is C17H31N3. The number of rotatable bonds is 10. The third-order valence-electron chi connectivity index (χ3n) is 3.91. The first-order chi connectivity index (χ1) is 9.74. The lowest BCUT2D eigenvalue weighted by molar-refractivity contribution is 0.301. The Balaban J connectivity index is 2.48. The first-order valence-corrected chi connectivity index (χ1v) is 8.01. The maximum atomic E-state index is 5.59. The number of benzene rings is 1. The number of anilines is 1. The zero-order chi connectivity index (χ0) is 14.8. The van der Waals surface area contributed by atoms with Crippen molar-refractivity contribution < 1.29 is 0 Å². The van der Waals surface area contributed by atoms with E-state index in [0.717, 1.165) is 39.1 Å². The Morgan fingerprint density at radius 3 is 2.05 bits per heavy atom. The Bertz CT molecular complexity index is 344. The van der Waals surface area contributed by atoms with Crippen molar-refractivity contribution in [1.29, 1.82) is 0 Å². The van der Waals surface area contributed by atoms with Crippen molar-refractivity contribution in [2.24, 2.45) is 5.73 Å². The van der Waals surface area contributed by atoms with Crippen LogP contribution in [0.4, 0.5) is 5.69 Å². The molecule has 1 aromatic rings. The average Bonchev–Trinajstić information content (AvgIpc) is 2.49. The second kappa shape index (κ2) is 9.78. The summed E-state index contributed by atoms with van der Waals surface area (Å²) in [6, 6.07) is 8.86. The molecule has 20 heavy (non-hydrogen) atoms. The molecule has 0 atom stereocenters. The maximum absolute atomic E-state index is 5.59. The first-order valence-electron chi connectivity index (χ1n) is 8.01. The SMILES string of the molecule is CCN(CC)CCCN(CC)c1ccc(CCN)cc1. The Morgan fingerprint density at radius 1 is 0.900 bits per heavy atom. The standard InChI is InChI=1S/C17H31N3/c1-4-19(5-2)14-7-15-20(6-3)17-10-8-16(9-11-17)12-13-18/h8-11H,4-7,12-15,18H2,1-3H3. The summed E-state index contributed by atoms with van der Waals surface area (Å²) in [5, 5.41) is 0. The van der Waals surface area contributed by atoms with Gasteiger partial charge in [0.15, 0.2) is 0 Å². The van der Waals surface area contributed by atoms with Crippen LogP contribution in [0.25, 0.3) is 0 Å². The Kier molecular flexibility index (Phi) is 8.31. The summed E-state index contributed by atoms with van der Waals surface area (Å²) >= 11 is 0. The van der Waals surface area contributed by atoms with E-state index >= 15 is 0 Å². The smallest absolute Gasteiger partial charge is 0.0366 e. The molecule has 0 spiro atoms. The van der Waals surface area contributed by atoms with Crippen LogP contribution in [0.2, 0.25) is 0 Å². The van der Waals surface area contributed by atoms with Gasteiger partial charge in [-0.05, 0) is 63.6 Å². The van der Waals surface area contributed by atoms with Crippen LogP contribution in [0, 0.1) is 0 Å². The lowest BCUT2D eigenvalue weighted by Crippen LogP contribution is -2.29. The second-order valence-electron chi connectivity index (χ2n) is 5.17. The highest BCUT2D eigenvalue weighted by Crippen LogP contribution is 2.15. The molecule has 1 aromatic carbocycles. The monoisotopic (exact) mass is 277 g/mol. The summed E-state index contributed by atoms with van der Waals surface area (Å²) in [6.07, 6.45) is 2.19. The van der Waals surface area contributed by atoms with E-state index in [4.69, 9.17) is 5.73 Å². The normalized spacial score (nSPS) is 11.1. The molecule has 114 valence electrons. The molecule has 0 fully saturated rings. The molecule has 0 aromatic heterocycles. The molecule has 0 heterocycles. The molecule has 0 aliphatic carbocycles. The molecule has 0 radical (unpaired) electrons. The summed E-state index contributed by atoms with van der Waals surface area (Å²) in [4.78, 5) is 4.94. The van der Waals surface area contributed by atoms with E-state index in [0.29, 0.717) is 0 Å². The zero-order valence-corrected chi connectivity index (χ0v) is 13.4. The molecule has 1 rings (SSSR count). The van der Waals surface area contributed by atoms with Crippen molar-refractivity contribution >= 4 is 5.69 Å². The fourth-order valence-electron chi connectivity index (χ4n) is 2.53. The van der Waals surface area contributed by atoms with Gasteiger partial charge in [-0.25, -0.2) is 0 Å². The summed E-state index contributed by atoms with van der Waals surface area (Å²) in [5.74, 6) is 0. The van der Waals surface area contributed by atoms with Crippen LogP contribution in [0.15, 0.2) is 24.3 Å². The van der Waals surface area contributed by atoms with Crippen LogP contribution in [-0.4, -0.2) is 44.2 Å². The fourth-order valence-corrected chi connectivity index (χ4v) is 2.53. The lowest BCUT2D eigenvalue weighted by atomic mass is 10.1. The van der Waals surface area contributed by atoms with Crippen molar-refractivity contribution in [2.45, 2.75) is 33.6 Å². The molecular weight excluding hydrogens is 246 g/mol. The molecule has 0 saturated heterocycles. The van der Waals surface area contributed by atoms with E-state index in [1.165, 1.54) is 24.2 Å². The van der Waals surface area contributed by atoms with Gasteiger partial charge in [-0.3, -0.25) is 0 Å². The molecule has 0 unspecified atom stereocenters. The molecule has 0 amide bonds. The molecule has 0 aliphatic heterocycles. The van der Waals surface area contributed by atoms with Crippen LogP contribution in [0.3, 0.4) is 0 Å². The average molecular weight is 277 g/mol. The van der Waals surface area contributed by atoms with Gasteiger partial charge in [-0.15, -0.1) is 0 Å². The highest BCUT2D eigenvalue weighted by Gasteiger charge is 2.05. The Morgan fingerprint density at radius 2 is 1.55 bits per heavy atom. The van der Waals surface area contributed by atoms with Gasteiger partial charge >= 0.3 is 0 Å². The van der Waals surface area contributed by atoms with Gasteiger partial charge in [0.05, 0.1) is 0 Å². The zero-order valence-electron chi connectivity index (χ0n) is 13.4. The summed E-state index contributed by atoms with van der Waals surface area (Å²) in [6.45, 7) is 13.1. The maximum Gasteiger partial charge on any atom is 0.0366 e. The number of nitrogens with two attached hydrogens (primary N) is 1. The van der Waals surface area contributed by atoms with Crippen molar-refractivity contribution in [3.05, 3.63) is 29.8 Å². The molecule has 3 nitrogen and oxygen atoms in total. The van der Waals surface area contributed by atoms with Crippen LogP contribution < -0.4 is 10.6 Å². The van der Waals surface area contributed by atoms with Gasteiger partial charge in [0.1, 0.15) is 0 Å².